The second-order valence-electron chi connectivity index (χ2n) is 2.82. The van der Waals surface area contributed by atoms with Gasteiger partial charge in [-0.25, -0.2) is 0 Å². The Morgan fingerprint density at radius 3 is 2.25 bits per heavy atom. The molecule has 0 amide bonds. The molecular weight excluding hydrogens is 98.1 g/mol. The zero-order chi connectivity index (χ0) is 6.15. The van der Waals surface area contributed by atoms with Gasteiger partial charge in [-0.2, -0.15) is 0 Å². The molecule has 0 heterocycles. The van der Waals surface area contributed by atoms with Crippen molar-refractivity contribution in [3.8, 4) is 0 Å². The first kappa shape index (κ1) is 5.80. The molecule has 1 saturated carbocycles. The quantitative estimate of drug-likeness (QED) is 0.457. The highest BCUT2D eigenvalue weighted by molar-refractivity contribution is 5.25. The summed E-state index contributed by atoms with van der Waals surface area (Å²) in [6.07, 6.45) is 1.25. The molecule has 0 aliphatic heterocycles. The van der Waals surface area contributed by atoms with E-state index >= 15 is 0 Å². The minimum absolute atomic E-state index is 0.574. The molecule has 1 rings (SSSR count). The molecule has 1 fully saturated rings. The molecule has 0 spiro atoms. The molecule has 0 aromatic carbocycles. The van der Waals surface area contributed by atoms with Crippen molar-refractivity contribution in [2.24, 2.45) is 16.8 Å². The van der Waals surface area contributed by atoms with Crippen LogP contribution in [0.25, 0.3) is 0 Å². The maximum atomic E-state index is 3.98. The lowest BCUT2D eigenvalue weighted by atomic mass is 9.72. The van der Waals surface area contributed by atoms with Crippen LogP contribution in [0.5, 0.6) is 0 Å². The summed E-state index contributed by atoms with van der Waals surface area (Å²) in [7, 11) is 0. The highest BCUT2D eigenvalue weighted by Crippen LogP contribution is 2.35. The molecule has 3 atom stereocenters. The molecule has 0 radical (unpaired) electrons. The van der Waals surface area contributed by atoms with Gasteiger partial charge in [-0.05, 0) is 25.0 Å². The normalized spacial score (nSPS) is 45.5. The van der Waals surface area contributed by atoms with Gasteiger partial charge in [0.2, 0.25) is 0 Å². The van der Waals surface area contributed by atoms with Crippen LogP contribution < -0.4 is 0 Å². The molecule has 0 bridgehead atoms. The van der Waals surface area contributed by atoms with Gasteiger partial charge in [-0.1, -0.05) is 13.8 Å². The van der Waals surface area contributed by atoms with Crippen molar-refractivity contribution in [1.82, 2.24) is 0 Å². The number of nitrogens with zero attached hydrogens (tertiary/aromatic N) is 1. The van der Waals surface area contributed by atoms with Crippen LogP contribution in [0.4, 0.5) is 0 Å². The van der Waals surface area contributed by atoms with E-state index in [1.165, 1.54) is 6.42 Å². The Kier molecular flexibility index (Phi) is 1.37. The van der Waals surface area contributed by atoms with Gasteiger partial charge in [-0.3, -0.25) is 4.99 Å². The zero-order valence-corrected chi connectivity index (χ0v) is 5.59. The SMILES string of the molecule is C=NC1CC(C)C1C. The van der Waals surface area contributed by atoms with E-state index in [1.54, 1.807) is 0 Å². The van der Waals surface area contributed by atoms with Gasteiger partial charge in [0.25, 0.3) is 0 Å². The fourth-order valence-electron chi connectivity index (χ4n) is 1.23. The van der Waals surface area contributed by atoms with Crippen LogP contribution in [0.1, 0.15) is 20.3 Å². The molecule has 1 aliphatic carbocycles. The predicted octanol–water partition coefficient (Wildman–Crippen LogP) is 1.73. The van der Waals surface area contributed by atoms with Crippen molar-refractivity contribution in [1.29, 1.82) is 0 Å². The van der Waals surface area contributed by atoms with E-state index in [4.69, 9.17) is 0 Å². The van der Waals surface area contributed by atoms with Gasteiger partial charge in [0.15, 0.2) is 0 Å². The van der Waals surface area contributed by atoms with Gasteiger partial charge in [0, 0.05) is 0 Å². The van der Waals surface area contributed by atoms with Crippen LogP contribution in [0, 0.1) is 11.8 Å². The Hall–Kier alpha value is -0.330. The van der Waals surface area contributed by atoms with Gasteiger partial charge < -0.3 is 0 Å². The fourth-order valence-corrected chi connectivity index (χ4v) is 1.23. The lowest BCUT2D eigenvalue weighted by Gasteiger charge is -2.37. The summed E-state index contributed by atoms with van der Waals surface area (Å²) in [5.41, 5.74) is 0. The van der Waals surface area contributed by atoms with Crippen molar-refractivity contribution in [3.63, 3.8) is 0 Å². The van der Waals surface area contributed by atoms with Crippen molar-refractivity contribution >= 4 is 6.72 Å². The Morgan fingerprint density at radius 1 is 1.50 bits per heavy atom. The predicted molar refractivity (Wildman–Crippen MR) is 36.3 cm³/mol. The number of aliphatic imine (C=N–C) groups is 1. The van der Waals surface area contributed by atoms with Crippen LogP contribution in [-0.4, -0.2) is 12.8 Å². The Labute approximate surface area is 50.8 Å². The maximum Gasteiger partial charge on any atom is 0.0523 e. The molecule has 0 N–H and O–H groups in total. The third-order valence-electron chi connectivity index (χ3n) is 2.35. The maximum absolute atomic E-state index is 3.98. The summed E-state index contributed by atoms with van der Waals surface area (Å²) in [5.74, 6) is 1.66. The second-order valence-corrected chi connectivity index (χ2v) is 2.82. The fraction of sp³-hybridized carbons (Fsp3) is 0.857. The Bertz CT molecular complexity index is 98.6. The van der Waals surface area contributed by atoms with Crippen LogP contribution in [-0.2, 0) is 0 Å². The van der Waals surface area contributed by atoms with E-state index in [9.17, 15) is 0 Å². The summed E-state index contributed by atoms with van der Waals surface area (Å²) in [6, 6.07) is 0.574. The van der Waals surface area contributed by atoms with E-state index in [1.807, 2.05) is 0 Å². The van der Waals surface area contributed by atoms with Crippen molar-refractivity contribution in [3.05, 3.63) is 0 Å². The highest BCUT2D eigenvalue weighted by Gasteiger charge is 2.32. The molecule has 3 unspecified atom stereocenters. The zero-order valence-electron chi connectivity index (χ0n) is 5.59. The summed E-state index contributed by atoms with van der Waals surface area (Å²) < 4.78 is 0. The average Bonchev–Trinajstić information content (AvgIpc) is 1.81. The lowest BCUT2D eigenvalue weighted by molar-refractivity contribution is 0.175. The first-order valence-corrected chi connectivity index (χ1v) is 3.21. The van der Waals surface area contributed by atoms with Crippen LogP contribution >= 0.6 is 0 Å². The third kappa shape index (κ3) is 0.662. The van der Waals surface area contributed by atoms with Gasteiger partial charge in [-0.15, -0.1) is 0 Å². The molecule has 1 heteroatoms. The van der Waals surface area contributed by atoms with Crippen LogP contribution in [0.2, 0.25) is 0 Å². The molecule has 8 heavy (non-hydrogen) atoms. The third-order valence-corrected chi connectivity index (χ3v) is 2.35. The smallest absolute Gasteiger partial charge is 0.0523 e. The van der Waals surface area contributed by atoms with Gasteiger partial charge in [0.1, 0.15) is 0 Å². The topological polar surface area (TPSA) is 12.4 Å². The molecule has 1 nitrogen and oxygen atoms in total. The molecule has 0 saturated heterocycles. The Balaban J connectivity index is 2.35. The molecule has 46 valence electrons. The van der Waals surface area contributed by atoms with E-state index in [0.717, 1.165) is 11.8 Å². The van der Waals surface area contributed by atoms with Gasteiger partial charge >= 0.3 is 0 Å². The molecule has 0 aromatic heterocycles. The van der Waals surface area contributed by atoms with E-state index in [0.29, 0.717) is 6.04 Å². The first-order chi connectivity index (χ1) is 3.75. The summed E-state index contributed by atoms with van der Waals surface area (Å²) in [4.78, 5) is 3.98. The van der Waals surface area contributed by atoms with Crippen molar-refractivity contribution in [2.75, 3.05) is 0 Å². The molecular formula is C7H13N. The lowest BCUT2D eigenvalue weighted by Crippen LogP contribution is -2.35. The number of rotatable bonds is 1. The van der Waals surface area contributed by atoms with Crippen molar-refractivity contribution < 1.29 is 0 Å². The molecule has 1 aliphatic rings. The standard InChI is InChI=1S/C7H13N/c1-5-4-7(8-3)6(5)2/h5-7H,3-4H2,1-2H3. The number of hydrogen-bond donors (Lipinski definition) is 0. The highest BCUT2D eigenvalue weighted by atomic mass is 14.8. The average molecular weight is 111 g/mol. The van der Waals surface area contributed by atoms with Crippen LogP contribution in [0.3, 0.4) is 0 Å². The monoisotopic (exact) mass is 111 g/mol. The van der Waals surface area contributed by atoms with Crippen molar-refractivity contribution in [2.45, 2.75) is 26.3 Å². The molecule has 0 aromatic rings. The largest absolute Gasteiger partial charge is 0.297 e. The number of hydrogen-bond acceptors (Lipinski definition) is 1. The summed E-state index contributed by atoms with van der Waals surface area (Å²) >= 11 is 0. The minimum atomic E-state index is 0.574. The van der Waals surface area contributed by atoms with E-state index in [2.05, 4.69) is 25.6 Å². The minimum Gasteiger partial charge on any atom is -0.297 e. The van der Waals surface area contributed by atoms with Gasteiger partial charge in [0.05, 0.1) is 6.04 Å². The van der Waals surface area contributed by atoms with E-state index in [-0.39, 0.29) is 0 Å². The van der Waals surface area contributed by atoms with E-state index < -0.39 is 0 Å². The first-order valence-electron chi connectivity index (χ1n) is 3.21. The summed E-state index contributed by atoms with van der Waals surface area (Å²) in [5, 5.41) is 0. The van der Waals surface area contributed by atoms with Crippen LogP contribution in [0.15, 0.2) is 4.99 Å². The Morgan fingerprint density at radius 2 is 2.12 bits per heavy atom. The summed E-state index contributed by atoms with van der Waals surface area (Å²) in [6.45, 7) is 8.03. The second kappa shape index (κ2) is 1.88.